The Morgan fingerprint density at radius 3 is 2.44 bits per heavy atom. The van der Waals surface area contributed by atoms with E-state index < -0.39 is 0 Å². The molecule has 4 rings (SSSR count). The number of carbonyl (C=O) groups excluding carboxylic acids is 1. The highest BCUT2D eigenvalue weighted by Gasteiger charge is 2.25. The molecular formula is C19H25N3O2S. The van der Waals surface area contributed by atoms with Gasteiger partial charge < -0.3 is 4.90 Å². The highest BCUT2D eigenvalue weighted by Crippen LogP contribution is 2.30. The summed E-state index contributed by atoms with van der Waals surface area (Å²) in [4.78, 5) is 34.2. The average molecular weight is 359 g/mol. The molecule has 0 N–H and O–H groups in total. The van der Waals surface area contributed by atoms with Crippen LogP contribution in [0.1, 0.15) is 66.0 Å². The highest BCUT2D eigenvalue weighted by molar-refractivity contribution is 7.20. The van der Waals surface area contributed by atoms with Gasteiger partial charge in [0.2, 0.25) is 0 Å². The summed E-state index contributed by atoms with van der Waals surface area (Å²) < 4.78 is 1.84. The fraction of sp³-hybridized carbons (Fsp3) is 0.632. The van der Waals surface area contributed by atoms with Crippen molar-refractivity contribution in [3.05, 3.63) is 26.6 Å². The van der Waals surface area contributed by atoms with Crippen molar-refractivity contribution in [2.24, 2.45) is 0 Å². The summed E-state index contributed by atoms with van der Waals surface area (Å²) in [5.41, 5.74) is 0.872. The number of aryl methyl sites for hydroxylation is 2. The number of hydrogen-bond acceptors (Lipinski definition) is 4. The van der Waals surface area contributed by atoms with Crippen LogP contribution in [0.2, 0.25) is 0 Å². The highest BCUT2D eigenvalue weighted by atomic mass is 32.1. The first kappa shape index (κ1) is 16.8. The maximum atomic E-state index is 13.0. The molecule has 6 heteroatoms. The molecule has 0 saturated carbocycles. The smallest absolute Gasteiger partial charge is 0.264 e. The van der Waals surface area contributed by atoms with Gasteiger partial charge in [0.1, 0.15) is 10.7 Å². The largest absolute Gasteiger partial charge is 0.338 e. The van der Waals surface area contributed by atoms with Gasteiger partial charge in [-0.3, -0.25) is 14.2 Å². The number of likely N-dealkylation sites (tertiary alicyclic amines) is 1. The number of aromatic nitrogens is 2. The average Bonchev–Trinajstić information content (AvgIpc) is 2.85. The van der Waals surface area contributed by atoms with Crippen molar-refractivity contribution in [3.63, 3.8) is 0 Å². The van der Waals surface area contributed by atoms with Crippen LogP contribution in [0.25, 0.3) is 10.2 Å². The van der Waals surface area contributed by atoms with Crippen LogP contribution in [0.15, 0.2) is 4.79 Å². The number of hydrogen-bond donors (Lipinski definition) is 0. The van der Waals surface area contributed by atoms with Crippen molar-refractivity contribution in [3.8, 4) is 0 Å². The Morgan fingerprint density at radius 1 is 1.00 bits per heavy atom. The van der Waals surface area contributed by atoms with Crippen molar-refractivity contribution in [2.75, 3.05) is 13.1 Å². The van der Waals surface area contributed by atoms with Gasteiger partial charge in [-0.1, -0.05) is 19.3 Å². The van der Waals surface area contributed by atoms with E-state index in [0.29, 0.717) is 10.3 Å². The molecule has 0 aliphatic carbocycles. The molecule has 1 amide bonds. The van der Waals surface area contributed by atoms with Gasteiger partial charge in [-0.05, 0) is 38.2 Å². The third kappa shape index (κ3) is 3.01. The van der Waals surface area contributed by atoms with Gasteiger partial charge in [0.05, 0.1) is 10.3 Å². The van der Waals surface area contributed by atoms with Crippen molar-refractivity contribution >= 4 is 27.5 Å². The van der Waals surface area contributed by atoms with Crippen LogP contribution >= 0.6 is 11.3 Å². The number of fused-ring (bicyclic) bond motifs is 2. The lowest BCUT2D eigenvalue weighted by atomic mass is 10.2. The van der Waals surface area contributed by atoms with Gasteiger partial charge in [0.25, 0.3) is 11.5 Å². The summed E-state index contributed by atoms with van der Waals surface area (Å²) in [5, 5.41) is 0.661. The molecule has 0 spiro atoms. The predicted octanol–water partition coefficient (Wildman–Crippen LogP) is 3.51. The minimum Gasteiger partial charge on any atom is -0.338 e. The quantitative estimate of drug-likeness (QED) is 0.783. The fourth-order valence-electron chi connectivity index (χ4n) is 4.03. The lowest BCUT2D eigenvalue weighted by molar-refractivity contribution is 0.0766. The second-order valence-electron chi connectivity index (χ2n) is 7.24. The molecule has 1 fully saturated rings. The Bertz CT molecular complexity index is 860. The zero-order valence-corrected chi connectivity index (χ0v) is 15.7. The van der Waals surface area contributed by atoms with Gasteiger partial charge in [-0.25, -0.2) is 4.98 Å². The van der Waals surface area contributed by atoms with Crippen LogP contribution in [0.3, 0.4) is 0 Å². The first-order chi connectivity index (χ1) is 12.2. The molecule has 2 aliphatic heterocycles. The van der Waals surface area contributed by atoms with Crippen molar-refractivity contribution in [2.45, 2.75) is 64.8 Å². The lowest BCUT2D eigenvalue weighted by Gasteiger charge is -2.19. The normalized spacial score (nSPS) is 18.7. The van der Waals surface area contributed by atoms with Crippen LogP contribution < -0.4 is 5.56 Å². The fourth-order valence-corrected chi connectivity index (χ4v) is 5.19. The maximum Gasteiger partial charge on any atom is 0.264 e. The number of nitrogens with zero attached hydrogens (tertiary/aromatic N) is 3. The van der Waals surface area contributed by atoms with Gasteiger partial charge >= 0.3 is 0 Å². The lowest BCUT2D eigenvalue weighted by Crippen LogP contribution is -2.31. The SMILES string of the molecule is Cc1c(C(=O)N2CCCCCC2)sc2nc3n(c(=O)c12)CCCCC3. The number of thiophene rings is 1. The molecule has 4 heterocycles. The number of amides is 1. The van der Waals surface area contributed by atoms with Gasteiger partial charge in [0, 0.05) is 26.1 Å². The van der Waals surface area contributed by atoms with Crippen LogP contribution in [0.4, 0.5) is 0 Å². The second kappa shape index (κ2) is 6.90. The first-order valence-electron chi connectivity index (χ1n) is 9.49. The molecule has 134 valence electrons. The third-order valence-corrected chi connectivity index (χ3v) is 6.67. The molecule has 2 aromatic heterocycles. The van der Waals surface area contributed by atoms with Crippen LogP contribution in [0.5, 0.6) is 0 Å². The maximum absolute atomic E-state index is 13.0. The van der Waals surface area contributed by atoms with E-state index in [4.69, 9.17) is 4.98 Å². The minimum absolute atomic E-state index is 0.0468. The second-order valence-corrected chi connectivity index (χ2v) is 8.24. The van der Waals surface area contributed by atoms with E-state index in [2.05, 4.69) is 0 Å². The molecule has 0 unspecified atom stereocenters. The zero-order chi connectivity index (χ0) is 17.4. The zero-order valence-electron chi connectivity index (χ0n) is 14.8. The summed E-state index contributed by atoms with van der Waals surface area (Å²) in [5.74, 6) is 0.979. The monoisotopic (exact) mass is 359 g/mol. The molecule has 0 radical (unpaired) electrons. The Morgan fingerprint density at radius 2 is 1.68 bits per heavy atom. The molecule has 0 bridgehead atoms. The van der Waals surface area contributed by atoms with E-state index in [1.807, 2.05) is 16.4 Å². The molecule has 2 aromatic rings. The molecule has 5 nitrogen and oxygen atoms in total. The van der Waals surface area contributed by atoms with E-state index in [1.54, 1.807) is 0 Å². The summed E-state index contributed by atoms with van der Waals surface area (Å²) in [7, 11) is 0. The Kier molecular flexibility index (Phi) is 4.63. The van der Waals surface area contributed by atoms with Crippen LogP contribution in [-0.4, -0.2) is 33.4 Å². The molecular weight excluding hydrogens is 334 g/mol. The summed E-state index contributed by atoms with van der Waals surface area (Å²) in [6.07, 6.45) is 8.67. The minimum atomic E-state index is 0.0468. The van der Waals surface area contributed by atoms with Crippen molar-refractivity contribution in [1.29, 1.82) is 0 Å². The topological polar surface area (TPSA) is 55.2 Å². The van der Waals surface area contributed by atoms with Crippen LogP contribution in [-0.2, 0) is 13.0 Å². The predicted molar refractivity (Wildman–Crippen MR) is 101 cm³/mol. The molecule has 25 heavy (non-hydrogen) atoms. The molecule has 2 aliphatic rings. The number of carbonyl (C=O) groups is 1. The molecule has 0 atom stereocenters. The van der Waals surface area contributed by atoms with E-state index in [1.165, 1.54) is 24.2 Å². The van der Waals surface area contributed by atoms with Crippen molar-refractivity contribution in [1.82, 2.24) is 14.5 Å². The standard InChI is InChI=1S/C19H25N3O2S/c1-13-15-17(20-14-9-5-4-8-12-22(14)18(15)23)25-16(13)19(24)21-10-6-2-3-7-11-21/h2-12H2,1H3. The molecule has 0 aromatic carbocycles. The Hall–Kier alpha value is -1.69. The van der Waals surface area contributed by atoms with E-state index in [9.17, 15) is 9.59 Å². The Balaban J connectivity index is 1.78. The van der Waals surface area contributed by atoms with Gasteiger partial charge in [-0.2, -0.15) is 0 Å². The van der Waals surface area contributed by atoms with E-state index >= 15 is 0 Å². The first-order valence-corrected chi connectivity index (χ1v) is 10.3. The van der Waals surface area contributed by atoms with Gasteiger partial charge in [-0.15, -0.1) is 11.3 Å². The number of rotatable bonds is 1. The summed E-state index contributed by atoms with van der Waals surface area (Å²) >= 11 is 1.41. The third-order valence-electron chi connectivity index (χ3n) is 5.50. The molecule has 1 saturated heterocycles. The Labute approximate surface area is 151 Å². The van der Waals surface area contributed by atoms with E-state index in [-0.39, 0.29) is 11.5 Å². The summed E-state index contributed by atoms with van der Waals surface area (Å²) in [6.45, 7) is 4.32. The van der Waals surface area contributed by atoms with Gasteiger partial charge in [0.15, 0.2) is 0 Å². The van der Waals surface area contributed by atoms with Crippen molar-refractivity contribution < 1.29 is 4.79 Å². The summed E-state index contributed by atoms with van der Waals surface area (Å²) in [6, 6.07) is 0. The van der Waals surface area contributed by atoms with Crippen LogP contribution in [0, 0.1) is 6.92 Å². The van der Waals surface area contributed by atoms with E-state index in [0.717, 1.165) is 74.4 Å².